The van der Waals surface area contributed by atoms with Gasteiger partial charge in [0.05, 0.1) is 6.54 Å². The maximum atomic E-state index is 13.1. The molecule has 0 radical (unpaired) electrons. The smallest absolute Gasteiger partial charge is 0.323 e. The van der Waals surface area contributed by atoms with Crippen LogP contribution in [0.1, 0.15) is 43.1 Å². The van der Waals surface area contributed by atoms with Crippen LogP contribution in [0.5, 0.6) is 0 Å². The molecule has 2 atom stereocenters. The van der Waals surface area contributed by atoms with E-state index < -0.39 is 0 Å². The Labute approximate surface area is 196 Å². The summed E-state index contributed by atoms with van der Waals surface area (Å²) in [6.45, 7) is 4.74. The molecule has 4 rings (SSSR count). The van der Waals surface area contributed by atoms with Gasteiger partial charge < -0.3 is 9.30 Å². The van der Waals surface area contributed by atoms with Crippen LogP contribution in [-0.2, 0) is 29.2 Å². The zero-order valence-electron chi connectivity index (χ0n) is 19.3. The average molecular weight is 444 g/mol. The van der Waals surface area contributed by atoms with Crippen LogP contribution in [0.3, 0.4) is 0 Å². The highest BCUT2D eigenvalue weighted by molar-refractivity contribution is 5.76. The lowest BCUT2D eigenvalue weighted by Gasteiger charge is -2.23. The quantitative estimate of drug-likeness (QED) is 0.318. The van der Waals surface area contributed by atoms with Crippen LogP contribution in [0.2, 0.25) is 0 Å². The Morgan fingerprint density at radius 1 is 1.03 bits per heavy atom. The monoisotopic (exact) mass is 443 g/mol. The summed E-state index contributed by atoms with van der Waals surface area (Å²) in [5.74, 6) is 1.28. The van der Waals surface area contributed by atoms with E-state index >= 15 is 0 Å². The predicted molar refractivity (Wildman–Crippen MR) is 130 cm³/mol. The van der Waals surface area contributed by atoms with Crippen molar-refractivity contribution in [3.05, 3.63) is 102 Å². The van der Waals surface area contributed by atoms with E-state index in [2.05, 4.69) is 57.8 Å². The average Bonchev–Trinajstić information content (AvgIpc) is 3.46. The number of esters is 1. The molecule has 2 heterocycles. The molecule has 1 aromatic heterocycles. The third-order valence-electron chi connectivity index (χ3n) is 6.20. The lowest BCUT2D eigenvalue weighted by molar-refractivity contribution is -0.150. The van der Waals surface area contributed by atoms with E-state index in [1.165, 1.54) is 5.56 Å². The predicted octanol–water partition coefficient (Wildman–Crippen LogP) is 5.22. The van der Waals surface area contributed by atoms with Crippen LogP contribution < -0.4 is 0 Å². The molecule has 33 heavy (non-hydrogen) atoms. The first-order valence-corrected chi connectivity index (χ1v) is 11.9. The van der Waals surface area contributed by atoms with Crippen LogP contribution in [0, 0.1) is 5.92 Å². The first-order valence-electron chi connectivity index (χ1n) is 11.9. The third kappa shape index (κ3) is 6.42. The van der Waals surface area contributed by atoms with Gasteiger partial charge in [0.2, 0.25) is 0 Å². The Hall–Kier alpha value is -3.18. The molecule has 172 valence electrons. The minimum absolute atomic E-state index is 0.137. The molecule has 0 aliphatic carbocycles. The Bertz CT molecular complexity index is 1030. The first-order chi connectivity index (χ1) is 16.2. The van der Waals surface area contributed by atoms with Crippen LogP contribution in [0.15, 0.2) is 85.2 Å². The van der Waals surface area contributed by atoms with E-state index in [1.807, 2.05) is 48.8 Å². The number of likely N-dealkylation sites (tertiary alicyclic amines) is 1. The largest absolute Gasteiger partial charge is 0.460 e. The van der Waals surface area contributed by atoms with Crippen molar-refractivity contribution in [1.29, 1.82) is 0 Å². The van der Waals surface area contributed by atoms with Crippen molar-refractivity contribution in [3.63, 3.8) is 0 Å². The summed E-state index contributed by atoms with van der Waals surface area (Å²) in [5.41, 5.74) is 2.25. The van der Waals surface area contributed by atoms with Gasteiger partial charge in [0.1, 0.15) is 18.5 Å². The van der Waals surface area contributed by atoms with E-state index in [-0.39, 0.29) is 12.0 Å². The van der Waals surface area contributed by atoms with Gasteiger partial charge in [-0.15, -0.1) is 0 Å². The highest BCUT2D eigenvalue weighted by Gasteiger charge is 2.37. The maximum Gasteiger partial charge on any atom is 0.323 e. The van der Waals surface area contributed by atoms with Crippen molar-refractivity contribution in [2.45, 2.75) is 51.9 Å². The second kappa shape index (κ2) is 11.6. The molecule has 2 aromatic carbocycles. The Morgan fingerprint density at radius 3 is 2.48 bits per heavy atom. The van der Waals surface area contributed by atoms with Crippen molar-refractivity contribution < 1.29 is 9.53 Å². The van der Waals surface area contributed by atoms with Gasteiger partial charge in [-0.25, -0.2) is 4.98 Å². The van der Waals surface area contributed by atoms with Crippen molar-refractivity contribution in [2.75, 3.05) is 6.54 Å². The van der Waals surface area contributed by atoms with Gasteiger partial charge in [-0.05, 0) is 36.3 Å². The SMILES string of the molecule is CCC=CCC1CC(C(=O)OCc2ccccc2)N(Cc2nccn2Cc2ccccc2)C1. The molecule has 1 fully saturated rings. The number of allylic oxidation sites excluding steroid dienone is 2. The van der Waals surface area contributed by atoms with Crippen LogP contribution in [0.25, 0.3) is 0 Å². The summed E-state index contributed by atoms with van der Waals surface area (Å²) in [5, 5.41) is 0. The lowest BCUT2D eigenvalue weighted by Crippen LogP contribution is -2.37. The third-order valence-corrected chi connectivity index (χ3v) is 6.20. The van der Waals surface area contributed by atoms with Gasteiger partial charge in [0, 0.05) is 25.5 Å². The second-order valence-electron chi connectivity index (χ2n) is 8.71. The van der Waals surface area contributed by atoms with Gasteiger partial charge in [0.15, 0.2) is 0 Å². The molecule has 0 amide bonds. The molecule has 1 saturated heterocycles. The fourth-order valence-corrected chi connectivity index (χ4v) is 4.47. The summed E-state index contributed by atoms with van der Waals surface area (Å²) in [6, 6.07) is 20.0. The number of carbonyl (C=O) groups excluding carboxylic acids is 1. The minimum Gasteiger partial charge on any atom is -0.460 e. The van der Waals surface area contributed by atoms with Gasteiger partial charge >= 0.3 is 5.97 Å². The highest BCUT2D eigenvalue weighted by atomic mass is 16.5. The summed E-state index contributed by atoms with van der Waals surface area (Å²) < 4.78 is 7.91. The van der Waals surface area contributed by atoms with E-state index in [1.54, 1.807) is 0 Å². The van der Waals surface area contributed by atoms with Gasteiger partial charge in [-0.1, -0.05) is 79.7 Å². The van der Waals surface area contributed by atoms with E-state index in [9.17, 15) is 4.79 Å². The Kier molecular flexibility index (Phi) is 8.09. The number of carbonyl (C=O) groups is 1. The highest BCUT2D eigenvalue weighted by Crippen LogP contribution is 2.29. The number of benzene rings is 2. The van der Waals surface area contributed by atoms with Crippen molar-refractivity contribution in [1.82, 2.24) is 14.5 Å². The number of rotatable bonds is 10. The molecule has 2 unspecified atom stereocenters. The van der Waals surface area contributed by atoms with Gasteiger partial charge in [-0.3, -0.25) is 9.69 Å². The molecular weight excluding hydrogens is 410 g/mol. The number of ether oxygens (including phenoxy) is 1. The molecule has 3 aromatic rings. The Morgan fingerprint density at radius 2 is 1.76 bits per heavy atom. The molecule has 0 saturated carbocycles. The standard InChI is InChI=1S/C28H33N3O2/c1-2-3-6-15-25-18-26(28(32)33-22-24-13-9-5-10-14-24)31(20-25)21-27-29-16-17-30(27)19-23-11-7-4-8-12-23/h3-14,16-17,25-26H,2,15,18-22H2,1H3. The Balaban J connectivity index is 1.45. The number of imidazole rings is 1. The summed E-state index contributed by atoms with van der Waals surface area (Å²) in [4.78, 5) is 20.0. The summed E-state index contributed by atoms with van der Waals surface area (Å²) >= 11 is 0. The van der Waals surface area contributed by atoms with Crippen molar-refractivity contribution in [3.8, 4) is 0 Å². The van der Waals surface area contributed by atoms with E-state index in [4.69, 9.17) is 4.74 Å². The molecular formula is C28H33N3O2. The van der Waals surface area contributed by atoms with Crippen LogP contribution >= 0.6 is 0 Å². The van der Waals surface area contributed by atoms with Gasteiger partial charge in [0.25, 0.3) is 0 Å². The lowest BCUT2D eigenvalue weighted by atomic mass is 10.0. The van der Waals surface area contributed by atoms with E-state index in [0.29, 0.717) is 19.1 Å². The van der Waals surface area contributed by atoms with Crippen molar-refractivity contribution >= 4 is 5.97 Å². The molecule has 1 aliphatic heterocycles. The second-order valence-corrected chi connectivity index (χ2v) is 8.71. The summed E-state index contributed by atoms with van der Waals surface area (Å²) in [6.07, 6.45) is 11.2. The molecule has 0 bridgehead atoms. The fraction of sp³-hybridized carbons (Fsp3) is 0.357. The minimum atomic E-state index is -0.240. The van der Waals surface area contributed by atoms with Crippen LogP contribution in [-0.4, -0.2) is 33.0 Å². The molecule has 5 nitrogen and oxygen atoms in total. The number of hydrogen-bond donors (Lipinski definition) is 0. The summed E-state index contributed by atoms with van der Waals surface area (Å²) in [7, 11) is 0. The van der Waals surface area contributed by atoms with Crippen molar-refractivity contribution in [2.24, 2.45) is 5.92 Å². The zero-order valence-corrected chi connectivity index (χ0v) is 19.3. The first kappa shape index (κ1) is 23.0. The number of nitrogens with zero attached hydrogens (tertiary/aromatic N) is 3. The van der Waals surface area contributed by atoms with E-state index in [0.717, 1.165) is 43.7 Å². The number of aromatic nitrogens is 2. The molecule has 5 heteroatoms. The number of hydrogen-bond acceptors (Lipinski definition) is 4. The molecule has 0 spiro atoms. The molecule has 0 N–H and O–H groups in total. The zero-order chi connectivity index (χ0) is 22.9. The normalized spacial score (nSPS) is 18.7. The topological polar surface area (TPSA) is 47.4 Å². The van der Waals surface area contributed by atoms with Crippen LogP contribution in [0.4, 0.5) is 0 Å². The molecule has 1 aliphatic rings. The van der Waals surface area contributed by atoms with Gasteiger partial charge in [-0.2, -0.15) is 0 Å². The fourth-order valence-electron chi connectivity index (χ4n) is 4.47. The maximum absolute atomic E-state index is 13.1.